The summed E-state index contributed by atoms with van der Waals surface area (Å²) in [6, 6.07) is 15.5. The van der Waals surface area contributed by atoms with E-state index in [4.69, 9.17) is 21.7 Å². The third-order valence-electron chi connectivity index (χ3n) is 4.77. The van der Waals surface area contributed by atoms with Gasteiger partial charge in [-0.3, -0.25) is 25.2 Å². The van der Waals surface area contributed by atoms with Crippen molar-refractivity contribution in [3.05, 3.63) is 65.2 Å². The third-order valence-corrected chi connectivity index (χ3v) is 4.98. The zero-order chi connectivity index (χ0) is 24.9. The Balaban J connectivity index is 1.62. The quantitative estimate of drug-likeness (QED) is 0.270. The van der Waals surface area contributed by atoms with E-state index in [1.165, 1.54) is 0 Å². The van der Waals surface area contributed by atoms with E-state index in [0.29, 0.717) is 12.2 Å². The number of esters is 1. The highest BCUT2D eigenvalue weighted by Gasteiger charge is 2.12. The van der Waals surface area contributed by atoms with Crippen LogP contribution < -0.4 is 20.9 Å². The number of hydrogen-bond acceptors (Lipinski definition) is 6. The number of carbonyl (C=O) groups excluding carboxylic acids is 3. The molecule has 0 fully saturated rings. The molecule has 0 heterocycles. The van der Waals surface area contributed by atoms with Crippen molar-refractivity contribution >= 4 is 35.1 Å². The molecule has 2 aromatic rings. The fourth-order valence-corrected chi connectivity index (χ4v) is 3.15. The first-order chi connectivity index (χ1) is 16.2. The predicted molar refractivity (Wildman–Crippen MR) is 133 cm³/mol. The summed E-state index contributed by atoms with van der Waals surface area (Å²) in [5.74, 6) is -0.496. The van der Waals surface area contributed by atoms with E-state index in [1.807, 2.05) is 69.3 Å². The minimum Gasteiger partial charge on any atom is -0.483 e. The van der Waals surface area contributed by atoms with Gasteiger partial charge in [0.05, 0.1) is 13.0 Å². The highest BCUT2D eigenvalue weighted by Crippen LogP contribution is 2.27. The van der Waals surface area contributed by atoms with Gasteiger partial charge in [0.1, 0.15) is 5.75 Å². The summed E-state index contributed by atoms with van der Waals surface area (Å²) < 4.78 is 10.8. The second-order valence-corrected chi connectivity index (χ2v) is 8.40. The van der Waals surface area contributed by atoms with Crippen LogP contribution >= 0.6 is 12.2 Å². The molecule has 0 aromatic heterocycles. The Bertz CT molecular complexity index is 995. The Labute approximate surface area is 205 Å². The Hall–Kier alpha value is -3.46. The van der Waals surface area contributed by atoms with Crippen molar-refractivity contribution in [2.45, 2.75) is 46.0 Å². The van der Waals surface area contributed by atoms with Gasteiger partial charge in [0, 0.05) is 12.8 Å². The average Bonchev–Trinajstić information content (AvgIpc) is 2.80. The van der Waals surface area contributed by atoms with Gasteiger partial charge >= 0.3 is 5.97 Å². The zero-order valence-electron chi connectivity index (χ0n) is 19.7. The summed E-state index contributed by atoms with van der Waals surface area (Å²) in [6.45, 7) is 6.07. The molecule has 0 unspecified atom stereocenters. The molecule has 2 rings (SSSR count). The highest BCUT2D eigenvalue weighted by molar-refractivity contribution is 7.80. The monoisotopic (exact) mass is 485 g/mol. The number of amides is 2. The minimum atomic E-state index is -0.468. The molecule has 2 amide bonds. The molecule has 0 bridgehead atoms. The SMILES string of the molecule is Cc1ccc(C(C)C)c(OCC(=O)NNC(=S)NC(=O)CCC(=O)OCCc2ccccc2)c1. The van der Waals surface area contributed by atoms with Crippen LogP contribution in [0.2, 0.25) is 0 Å². The average molecular weight is 486 g/mol. The van der Waals surface area contributed by atoms with Gasteiger partial charge < -0.3 is 14.8 Å². The first-order valence-electron chi connectivity index (χ1n) is 11.1. The van der Waals surface area contributed by atoms with E-state index in [-0.39, 0.29) is 37.1 Å². The molecule has 9 heteroatoms. The lowest BCUT2D eigenvalue weighted by atomic mass is 10.0. The molecule has 34 heavy (non-hydrogen) atoms. The lowest BCUT2D eigenvalue weighted by Gasteiger charge is -2.15. The van der Waals surface area contributed by atoms with E-state index >= 15 is 0 Å². The van der Waals surface area contributed by atoms with Crippen molar-refractivity contribution in [1.29, 1.82) is 0 Å². The molecule has 0 saturated carbocycles. The molecular formula is C25H31N3O5S. The smallest absolute Gasteiger partial charge is 0.306 e. The Kier molecular flexibility index (Phi) is 11.0. The van der Waals surface area contributed by atoms with Crippen molar-refractivity contribution in [2.24, 2.45) is 0 Å². The summed E-state index contributed by atoms with van der Waals surface area (Å²) in [7, 11) is 0. The summed E-state index contributed by atoms with van der Waals surface area (Å²) in [4.78, 5) is 35.8. The number of nitrogens with one attached hydrogen (secondary N) is 3. The van der Waals surface area contributed by atoms with Crippen LogP contribution in [-0.4, -0.2) is 36.1 Å². The second-order valence-electron chi connectivity index (χ2n) is 7.99. The van der Waals surface area contributed by atoms with E-state index in [0.717, 1.165) is 16.7 Å². The van der Waals surface area contributed by atoms with Crippen LogP contribution in [0.3, 0.4) is 0 Å². The molecule has 0 saturated heterocycles. The summed E-state index contributed by atoms with van der Waals surface area (Å²) in [5.41, 5.74) is 7.91. The number of thiocarbonyl (C=S) groups is 1. The number of aryl methyl sites for hydroxylation is 1. The predicted octanol–water partition coefficient (Wildman–Crippen LogP) is 3.09. The van der Waals surface area contributed by atoms with Gasteiger partial charge in [-0.2, -0.15) is 0 Å². The van der Waals surface area contributed by atoms with Crippen molar-refractivity contribution in [3.8, 4) is 5.75 Å². The first kappa shape index (κ1) is 26.8. The van der Waals surface area contributed by atoms with Gasteiger partial charge in [0.25, 0.3) is 5.91 Å². The largest absolute Gasteiger partial charge is 0.483 e. The van der Waals surface area contributed by atoms with Crippen molar-refractivity contribution < 1.29 is 23.9 Å². The normalized spacial score (nSPS) is 10.4. The van der Waals surface area contributed by atoms with Crippen LogP contribution in [0.5, 0.6) is 5.75 Å². The van der Waals surface area contributed by atoms with Crippen LogP contribution in [0.25, 0.3) is 0 Å². The second kappa shape index (κ2) is 13.9. The number of hydrazine groups is 1. The van der Waals surface area contributed by atoms with Crippen LogP contribution in [0.4, 0.5) is 0 Å². The Morgan fingerprint density at radius 3 is 2.41 bits per heavy atom. The topological polar surface area (TPSA) is 106 Å². The number of rotatable bonds is 10. The van der Waals surface area contributed by atoms with Crippen molar-refractivity contribution in [2.75, 3.05) is 13.2 Å². The van der Waals surface area contributed by atoms with Gasteiger partial charge in [-0.15, -0.1) is 0 Å². The van der Waals surface area contributed by atoms with Crippen molar-refractivity contribution in [3.63, 3.8) is 0 Å². The minimum absolute atomic E-state index is 0.0713. The lowest BCUT2D eigenvalue weighted by Crippen LogP contribution is -2.49. The summed E-state index contributed by atoms with van der Waals surface area (Å²) in [6.07, 6.45) is 0.450. The lowest BCUT2D eigenvalue weighted by molar-refractivity contribution is -0.144. The molecule has 0 aliphatic heterocycles. The first-order valence-corrected chi connectivity index (χ1v) is 11.5. The van der Waals surface area contributed by atoms with Gasteiger partial charge in [-0.05, 0) is 47.8 Å². The molecule has 0 radical (unpaired) electrons. The van der Waals surface area contributed by atoms with Gasteiger partial charge in [0.2, 0.25) is 5.91 Å². The fraction of sp³-hybridized carbons (Fsp3) is 0.360. The Morgan fingerprint density at radius 1 is 0.971 bits per heavy atom. The van der Waals surface area contributed by atoms with E-state index in [9.17, 15) is 14.4 Å². The van der Waals surface area contributed by atoms with Gasteiger partial charge in [-0.1, -0.05) is 56.3 Å². The van der Waals surface area contributed by atoms with Crippen LogP contribution in [0.1, 0.15) is 49.3 Å². The number of carbonyl (C=O) groups is 3. The summed E-state index contributed by atoms with van der Waals surface area (Å²) >= 11 is 4.99. The Morgan fingerprint density at radius 2 is 1.71 bits per heavy atom. The van der Waals surface area contributed by atoms with Crippen LogP contribution in [-0.2, 0) is 25.5 Å². The fourth-order valence-electron chi connectivity index (χ4n) is 2.98. The van der Waals surface area contributed by atoms with Gasteiger partial charge in [0.15, 0.2) is 11.7 Å². The zero-order valence-corrected chi connectivity index (χ0v) is 20.5. The third kappa shape index (κ3) is 9.99. The van der Waals surface area contributed by atoms with Crippen molar-refractivity contribution in [1.82, 2.24) is 16.2 Å². The maximum Gasteiger partial charge on any atom is 0.306 e. The summed E-state index contributed by atoms with van der Waals surface area (Å²) in [5, 5.41) is 2.31. The molecule has 0 aliphatic rings. The standard InChI is InChI=1S/C25H31N3O5S/c1-17(2)20-10-9-18(3)15-21(20)33-16-23(30)27-28-25(34)26-22(29)11-12-24(31)32-14-13-19-7-5-4-6-8-19/h4-10,15,17H,11-14,16H2,1-3H3,(H,27,30)(H2,26,28,29,34). The van der Waals surface area contributed by atoms with Crippen LogP contribution in [0, 0.1) is 6.92 Å². The van der Waals surface area contributed by atoms with E-state index < -0.39 is 17.8 Å². The number of benzene rings is 2. The van der Waals surface area contributed by atoms with E-state index in [2.05, 4.69) is 16.2 Å². The molecule has 0 aliphatic carbocycles. The maximum absolute atomic E-state index is 12.1. The van der Waals surface area contributed by atoms with Gasteiger partial charge in [-0.25, -0.2) is 0 Å². The molecular weight excluding hydrogens is 454 g/mol. The van der Waals surface area contributed by atoms with Crippen LogP contribution in [0.15, 0.2) is 48.5 Å². The molecule has 2 aromatic carbocycles. The number of ether oxygens (including phenoxy) is 2. The maximum atomic E-state index is 12.1. The highest BCUT2D eigenvalue weighted by atomic mass is 32.1. The number of hydrogen-bond donors (Lipinski definition) is 3. The van der Waals surface area contributed by atoms with E-state index in [1.54, 1.807) is 0 Å². The molecule has 182 valence electrons. The molecule has 3 N–H and O–H groups in total. The molecule has 0 spiro atoms. The molecule has 0 atom stereocenters. The molecule has 8 nitrogen and oxygen atoms in total.